The van der Waals surface area contributed by atoms with E-state index in [2.05, 4.69) is 5.32 Å². The van der Waals surface area contributed by atoms with Gasteiger partial charge in [0.25, 0.3) is 5.91 Å². The Morgan fingerprint density at radius 1 is 1.63 bits per heavy atom. The maximum atomic E-state index is 11.8. The second-order valence-corrected chi connectivity index (χ2v) is 4.45. The van der Waals surface area contributed by atoms with Gasteiger partial charge in [-0.1, -0.05) is 0 Å². The lowest BCUT2D eigenvalue weighted by Crippen LogP contribution is -2.34. The topological polar surface area (TPSA) is 80.6 Å². The first-order valence-electron chi connectivity index (χ1n) is 5.97. The van der Waals surface area contributed by atoms with Gasteiger partial charge in [0, 0.05) is 25.2 Å². The van der Waals surface area contributed by atoms with Gasteiger partial charge in [0.2, 0.25) is 5.43 Å². The number of carbonyl (C=O) groups is 1. The highest BCUT2D eigenvalue weighted by Gasteiger charge is 2.21. The summed E-state index contributed by atoms with van der Waals surface area (Å²) in [6.45, 7) is 1.84. The van der Waals surface area contributed by atoms with Crippen LogP contribution in [0.3, 0.4) is 0 Å². The summed E-state index contributed by atoms with van der Waals surface area (Å²) in [4.78, 5) is 23.3. The summed E-state index contributed by atoms with van der Waals surface area (Å²) in [5.74, 6) is -0.600. The zero-order valence-corrected chi connectivity index (χ0v) is 10.8. The number of pyridine rings is 1. The van der Waals surface area contributed by atoms with Crippen molar-refractivity contribution in [2.45, 2.75) is 26.0 Å². The minimum atomic E-state index is -0.524. The van der Waals surface area contributed by atoms with E-state index in [4.69, 9.17) is 4.74 Å². The first-order chi connectivity index (χ1) is 9.00. The van der Waals surface area contributed by atoms with E-state index < -0.39 is 11.5 Å². The number of hydrogen-bond acceptors (Lipinski definition) is 4. The number of nitrogens with zero attached hydrogens (tertiary/aromatic N) is 1. The van der Waals surface area contributed by atoms with Crippen molar-refractivity contribution < 1.29 is 14.6 Å². The fourth-order valence-corrected chi connectivity index (χ4v) is 1.91. The number of aromatic hydroxyl groups is 1. The number of aromatic nitrogens is 1. The van der Waals surface area contributed by atoms with E-state index in [-0.39, 0.29) is 18.2 Å². The molecule has 0 aliphatic carbocycles. The maximum Gasteiger partial charge on any atom is 0.261 e. The fraction of sp³-hybridized carbons (Fsp3) is 0.385. The normalized spacial score (nSPS) is 17.3. The molecule has 0 radical (unpaired) electrons. The summed E-state index contributed by atoms with van der Waals surface area (Å²) < 4.78 is 6.76. The molecule has 0 fully saturated rings. The van der Waals surface area contributed by atoms with Gasteiger partial charge in [0.05, 0.1) is 18.5 Å². The molecule has 19 heavy (non-hydrogen) atoms. The summed E-state index contributed by atoms with van der Waals surface area (Å²) in [5, 5.41) is 12.4. The van der Waals surface area contributed by atoms with Crippen molar-refractivity contribution >= 4 is 5.91 Å². The van der Waals surface area contributed by atoms with Gasteiger partial charge in [0.15, 0.2) is 11.9 Å². The molecule has 1 aliphatic heterocycles. The molecule has 1 atom stereocenters. The van der Waals surface area contributed by atoms with E-state index in [1.807, 2.05) is 0 Å². The maximum absolute atomic E-state index is 11.8. The van der Waals surface area contributed by atoms with E-state index in [1.54, 1.807) is 24.6 Å². The van der Waals surface area contributed by atoms with Crippen molar-refractivity contribution in [3.63, 3.8) is 0 Å². The molecule has 0 aromatic carbocycles. The van der Waals surface area contributed by atoms with E-state index in [1.165, 1.54) is 12.3 Å². The highest BCUT2D eigenvalue weighted by Crippen LogP contribution is 2.13. The lowest BCUT2D eigenvalue weighted by Gasteiger charge is -2.15. The third kappa shape index (κ3) is 2.62. The summed E-state index contributed by atoms with van der Waals surface area (Å²) in [6.07, 6.45) is 3.27. The van der Waals surface area contributed by atoms with Crippen LogP contribution in [0.25, 0.3) is 0 Å². The quantitative estimate of drug-likeness (QED) is 0.823. The number of nitrogens with one attached hydrogen (secondary N) is 1. The molecule has 0 spiro atoms. The molecule has 2 N–H and O–H groups in total. The molecule has 1 amide bonds. The third-order valence-electron chi connectivity index (χ3n) is 3.19. The van der Waals surface area contributed by atoms with Gasteiger partial charge in [-0.25, -0.2) is 0 Å². The van der Waals surface area contributed by atoms with E-state index in [0.29, 0.717) is 17.8 Å². The average Bonchev–Trinajstić information content (AvgIpc) is 2.90. The predicted octanol–water partition coefficient (Wildman–Crippen LogP) is 0.318. The van der Waals surface area contributed by atoms with Crippen LogP contribution in [-0.4, -0.2) is 21.7 Å². The van der Waals surface area contributed by atoms with Crippen molar-refractivity contribution in [1.82, 2.24) is 9.88 Å². The van der Waals surface area contributed by atoms with Crippen LogP contribution >= 0.6 is 0 Å². The van der Waals surface area contributed by atoms with E-state index in [0.717, 1.165) is 0 Å². The van der Waals surface area contributed by atoms with Gasteiger partial charge in [-0.15, -0.1) is 0 Å². The van der Waals surface area contributed by atoms with E-state index >= 15 is 0 Å². The Bertz CT molecular complexity index is 581. The Morgan fingerprint density at radius 2 is 2.37 bits per heavy atom. The Kier molecular flexibility index (Phi) is 3.59. The van der Waals surface area contributed by atoms with Crippen LogP contribution in [0.2, 0.25) is 0 Å². The Balaban J connectivity index is 2.11. The molecular weight excluding hydrogens is 248 g/mol. The minimum Gasteiger partial charge on any atom is -0.503 e. The molecule has 0 bridgehead atoms. The van der Waals surface area contributed by atoms with Crippen molar-refractivity contribution in [3.8, 4) is 5.75 Å². The number of rotatable bonds is 3. The van der Waals surface area contributed by atoms with Crippen LogP contribution in [0.5, 0.6) is 5.75 Å². The molecule has 6 nitrogen and oxygen atoms in total. The zero-order valence-electron chi connectivity index (χ0n) is 10.8. The molecule has 2 rings (SSSR count). The summed E-state index contributed by atoms with van der Waals surface area (Å²) >= 11 is 0. The van der Waals surface area contributed by atoms with Crippen molar-refractivity contribution in [2.24, 2.45) is 7.05 Å². The minimum absolute atomic E-state index is 0.0813. The summed E-state index contributed by atoms with van der Waals surface area (Å²) in [6, 6.07) is 1.35. The van der Waals surface area contributed by atoms with E-state index in [9.17, 15) is 14.7 Å². The Labute approximate surface area is 110 Å². The van der Waals surface area contributed by atoms with Crippen LogP contribution in [0.1, 0.15) is 17.8 Å². The number of hydrogen-bond donors (Lipinski definition) is 2. The van der Waals surface area contributed by atoms with Crippen LogP contribution in [-0.2, 0) is 23.1 Å². The fourth-order valence-electron chi connectivity index (χ4n) is 1.91. The van der Waals surface area contributed by atoms with Crippen LogP contribution < -0.4 is 10.7 Å². The largest absolute Gasteiger partial charge is 0.503 e. The molecule has 1 aromatic heterocycles. The monoisotopic (exact) mass is 264 g/mol. The smallest absolute Gasteiger partial charge is 0.261 e. The molecule has 2 heterocycles. The standard InChI is InChI=1S/C13H16N2O4/c1-8-6-10(16)12(17)9(15(8)2)7-14-13(18)11-4-3-5-19-11/h3,5-6,11,17H,4,7H2,1-2H3,(H,14,18). The van der Waals surface area contributed by atoms with Gasteiger partial charge in [-0.2, -0.15) is 0 Å². The first kappa shape index (κ1) is 13.2. The predicted molar refractivity (Wildman–Crippen MR) is 68.6 cm³/mol. The number of ether oxygens (including phenoxy) is 1. The molecule has 0 saturated carbocycles. The van der Waals surface area contributed by atoms with Crippen molar-refractivity contribution in [3.05, 3.63) is 40.0 Å². The second-order valence-electron chi connectivity index (χ2n) is 4.45. The summed E-state index contributed by atoms with van der Waals surface area (Å²) in [5.41, 5.74) is 0.647. The highest BCUT2D eigenvalue weighted by molar-refractivity contribution is 5.81. The molecule has 102 valence electrons. The second kappa shape index (κ2) is 5.17. The van der Waals surface area contributed by atoms with Crippen LogP contribution in [0.4, 0.5) is 0 Å². The lowest BCUT2D eigenvalue weighted by atomic mass is 10.2. The van der Waals surface area contributed by atoms with Crippen molar-refractivity contribution in [2.75, 3.05) is 0 Å². The van der Waals surface area contributed by atoms with Crippen LogP contribution in [0, 0.1) is 6.92 Å². The third-order valence-corrected chi connectivity index (χ3v) is 3.19. The number of aryl methyl sites for hydroxylation is 1. The lowest BCUT2D eigenvalue weighted by molar-refractivity contribution is -0.128. The van der Waals surface area contributed by atoms with Gasteiger partial charge < -0.3 is 19.7 Å². The van der Waals surface area contributed by atoms with Gasteiger partial charge in [-0.3, -0.25) is 9.59 Å². The Morgan fingerprint density at radius 3 is 3.00 bits per heavy atom. The molecule has 0 saturated heterocycles. The number of amides is 1. The summed E-state index contributed by atoms with van der Waals surface area (Å²) in [7, 11) is 1.73. The molecule has 6 heteroatoms. The number of carbonyl (C=O) groups excluding carboxylic acids is 1. The first-order valence-corrected chi connectivity index (χ1v) is 5.97. The molecule has 1 aliphatic rings. The Hall–Kier alpha value is -2.24. The highest BCUT2D eigenvalue weighted by atomic mass is 16.5. The SMILES string of the molecule is Cc1cc(=O)c(O)c(CNC(=O)C2CC=CO2)n1C. The average molecular weight is 264 g/mol. The zero-order chi connectivity index (χ0) is 14.0. The van der Waals surface area contributed by atoms with Crippen LogP contribution in [0.15, 0.2) is 23.2 Å². The molecular formula is C13H16N2O4. The molecule has 1 unspecified atom stereocenters. The van der Waals surface area contributed by atoms with Crippen molar-refractivity contribution in [1.29, 1.82) is 0 Å². The van der Waals surface area contributed by atoms with Gasteiger partial charge >= 0.3 is 0 Å². The molecule has 1 aromatic rings. The van der Waals surface area contributed by atoms with Gasteiger partial charge in [0.1, 0.15) is 0 Å². The van der Waals surface area contributed by atoms with Gasteiger partial charge in [-0.05, 0) is 13.0 Å².